The van der Waals surface area contributed by atoms with Crippen LogP contribution in [0, 0.1) is 0 Å². The molecule has 1 heterocycles. The van der Waals surface area contributed by atoms with Gasteiger partial charge in [-0.1, -0.05) is 12.1 Å². The van der Waals surface area contributed by atoms with Gasteiger partial charge in [0.2, 0.25) is 5.88 Å². The Kier molecular flexibility index (Phi) is 3.05. The maximum atomic E-state index is 9.10. The van der Waals surface area contributed by atoms with E-state index in [1.807, 2.05) is 18.2 Å². The minimum Gasteiger partial charge on any atom is -0.439 e. The number of aliphatic hydroxyl groups is 1. The van der Waals surface area contributed by atoms with Crippen molar-refractivity contribution < 1.29 is 9.84 Å². The Morgan fingerprint density at radius 2 is 2.11 bits per heavy atom. The van der Waals surface area contributed by atoms with E-state index in [9.17, 15) is 0 Å². The van der Waals surface area contributed by atoms with Gasteiger partial charge in [-0.15, -0.1) is 0 Å². The van der Waals surface area contributed by atoms with Gasteiger partial charge in [0.25, 0.3) is 0 Å². The molecule has 5 nitrogen and oxygen atoms in total. The van der Waals surface area contributed by atoms with Gasteiger partial charge in [0.05, 0.1) is 6.61 Å². The first kappa shape index (κ1) is 11.9. The summed E-state index contributed by atoms with van der Waals surface area (Å²) < 4.78 is 5.68. The fraction of sp³-hybridized carbons (Fsp3) is 0.286. The normalized spacial score (nSPS) is 14.4. The molecule has 1 fully saturated rings. The number of hydrogen-bond donors (Lipinski definition) is 2. The molecule has 0 unspecified atom stereocenters. The molecular formula is C14H15N3O2. The van der Waals surface area contributed by atoms with Crippen LogP contribution in [0.3, 0.4) is 0 Å². The molecule has 0 radical (unpaired) electrons. The van der Waals surface area contributed by atoms with Gasteiger partial charge < -0.3 is 15.6 Å². The summed E-state index contributed by atoms with van der Waals surface area (Å²) in [7, 11) is 0. The lowest BCUT2D eigenvalue weighted by Gasteiger charge is -2.08. The Morgan fingerprint density at radius 1 is 1.26 bits per heavy atom. The number of nitrogen functional groups attached to an aromatic ring is 1. The summed E-state index contributed by atoms with van der Waals surface area (Å²) in [6.07, 6.45) is 2.23. The van der Waals surface area contributed by atoms with Crippen molar-refractivity contribution in [1.29, 1.82) is 0 Å². The Morgan fingerprint density at radius 3 is 2.84 bits per heavy atom. The van der Waals surface area contributed by atoms with Crippen molar-refractivity contribution in [2.45, 2.75) is 25.4 Å². The molecule has 1 aromatic heterocycles. The smallest absolute Gasteiger partial charge is 0.224 e. The van der Waals surface area contributed by atoms with Crippen molar-refractivity contribution in [1.82, 2.24) is 9.97 Å². The number of aromatic nitrogens is 2. The van der Waals surface area contributed by atoms with Gasteiger partial charge in [0, 0.05) is 12.0 Å². The van der Waals surface area contributed by atoms with Crippen LogP contribution in [0.5, 0.6) is 11.6 Å². The maximum Gasteiger partial charge on any atom is 0.224 e. The van der Waals surface area contributed by atoms with Gasteiger partial charge in [0.15, 0.2) is 0 Å². The van der Waals surface area contributed by atoms with Gasteiger partial charge in [0.1, 0.15) is 17.4 Å². The van der Waals surface area contributed by atoms with E-state index in [1.54, 1.807) is 12.1 Å². The summed E-state index contributed by atoms with van der Waals surface area (Å²) in [6.45, 7) is -0.0174. The average Bonchev–Trinajstić information content (AvgIpc) is 3.22. The summed E-state index contributed by atoms with van der Waals surface area (Å²) >= 11 is 0. The quantitative estimate of drug-likeness (QED) is 0.877. The van der Waals surface area contributed by atoms with E-state index in [-0.39, 0.29) is 6.61 Å². The summed E-state index contributed by atoms with van der Waals surface area (Å²) in [5, 5.41) is 9.10. The van der Waals surface area contributed by atoms with Gasteiger partial charge in [-0.3, -0.25) is 0 Å². The molecule has 1 saturated carbocycles. The van der Waals surface area contributed by atoms with E-state index in [2.05, 4.69) is 9.97 Å². The van der Waals surface area contributed by atoms with Crippen molar-refractivity contribution in [2.75, 3.05) is 5.73 Å². The molecule has 1 aliphatic rings. The van der Waals surface area contributed by atoms with Crippen molar-refractivity contribution in [3.63, 3.8) is 0 Å². The van der Waals surface area contributed by atoms with E-state index in [1.165, 1.54) is 0 Å². The fourth-order valence-corrected chi connectivity index (χ4v) is 1.87. The van der Waals surface area contributed by atoms with Crippen LogP contribution in [0.1, 0.15) is 30.1 Å². The van der Waals surface area contributed by atoms with Gasteiger partial charge in [-0.25, -0.2) is 4.98 Å². The van der Waals surface area contributed by atoms with Crippen molar-refractivity contribution in [3.8, 4) is 11.6 Å². The van der Waals surface area contributed by atoms with Crippen LogP contribution >= 0.6 is 0 Å². The molecule has 0 atom stereocenters. The first-order valence-electron chi connectivity index (χ1n) is 6.27. The molecule has 0 bridgehead atoms. The number of rotatable bonds is 4. The predicted octanol–water partition coefficient (Wildman–Crippen LogP) is 2.22. The van der Waals surface area contributed by atoms with Crippen LogP contribution in [0.2, 0.25) is 0 Å². The van der Waals surface area contributed by atoms with E-state index in [0.717, 1.165) is 24.2 Å². The number of ether oxygens (including phenoxy) is 1. The molecule has 1 aliphatic carbocycles. The molecule has 0 amide bonds. The third-order valence-corrected chi connectivity index (χ3v) is 2.99. The molecule has 98 valence electrons. The highest BCUT2D eigenvalue weighted by atomic mass is 16.5. The first-order chi connectivity index (χ1) is 9.24. The lowest BCUT2D eigenvalue weighted by molar-refractivity contribution is 0.281. The number of aliphatic hydroxyl groups excluding tert-OH is 1. The monoisotopic (exact) mass is 257 g/mol. The number of nitrogens with two attached hydrogens (primary N) is 1. The zero-order valence-electron chi connectivity index (χ0n) is 10.4. The van der Waals surface area contributed by atoms with Crippen LogP contribution in [-0.2, 0) is 6.61 Å². The molecule has 0 saturated heterocycles. The average molecular weight is 257 g/mol. The minimum absolute atomic E-state index is 0.0174. The Bertz CT molecular complexity index is 597. The number of anilines is 1. The Balaban J connectivity index is 1.85. The van der Waals surface area contributed by atoms with Crippen LogP contribution in [0.25, 0.3) is 0 Å². The van der Waals surface area contributed by atoms with Gasteiger partial charge in [-0.2, -0.15) is 4.98 Å². The van der Waals surface area contributed by atoms with Crippen molar-refractivity contribution in [3.05, 3.63) is 41.7 Å². The lowest BCUT2D eigenvalue weighted by Crippen LogP contribution is -2.00. The Hall–Kier alpha value is -2.14. The summed E-state index contributed by atoms with van der Waals surface area (Å²) in [6, 6.07) is 8.85. The van der Waals surface area contributed by atoms with Crippen LogP contribution in [0.4, 0.5) is 5.82 Å². The second kappa shape index (κ2) is 4.85. The fourth-order valence-electron chi connectivity index (χ4n) is 1.87. The van der Waals surface area contributed by atoms with Gasteiger partial charge in [-0.05, 0) is 30.5 Å². The van der Waals surface area contributed by atoms with Crippen LogP contribution in [0.15, 0.2) is 30.3 Å². The van der Waals surface area contributed by atoms with E-state index < -0.39 is 0 Å². The molecule has 3 rings (SSSR count). The zero-order valence-corrected chi connectivity index (χ0v) is 10.4. The highest BCUT2D eigenvalue weighted by Gasteiger charge is 2.27. The second-order valence-corrected chi connectivity index (χ2v) is 4.67. The Labute approximate surface area is 111 Å². The zero-order chi connectivity index (χ0) is 13.2. The molecule has 5 heteroatoms. The predicted molar refractivity (Wildman–Crippen MR) is 70.9 cm³/mol. The molecule has 0 aliphatic heterocycles. The first-order valence-corrected chi connectivity index (χ1v) is 6.27. The molecule has 2 aromatic rings. The molecule has 3 N–H and O–H groups in total. The van der Waals surface area contributed by atoms with E-state index in [4.69, 9.17) is 15.6 Å². The highest BCUT2D eigenvalue weighted by molar-refractivity contribution is 5.37. The van der Waals surface area contributed by atoms with Crippen molar-refractivity contribution in [2.24, 2.45) is 0 Å². The van der Waals surface area contributed by atoms with Crippen molar-refractivity contribution >= 4 is 5.82 Å². The van der Waals surface area contributed by atoms with Crippen LogP contribution < -0.4 is 10.5 Å². The summed E-state index contributed by atoms with van der Waals surface area (Å²) in [5.74, 6) is 2.68. The molecule has 19 heavy (non-hydrogen) atoms. The number of nitrogens with zero attached hydrogens (tertiary/aromatic N) is 2. The van der Waals surface area contributed by atoms with E-state index in [0.29, 0.717) is 23.4 Å². The van der Waals surface area contributed by atoms with Gasteiger partial charge >= 0.3 is 0 Å². The lowest BCUT2D eigenvalue weighted by atomic mass is 10.2. The SMILES string of the molecule is Nc1cc(Oc2cccc(CO)c2)nc(C2CC2)n1. The molecule has 1 aromatic carbocycles. The molecule has 0 spiro atoms. The number of hydrogen-bond acceptors (Lipinski definition) is 5. The third kappa shape index (κ3) is 2.82. The van der Waals surface area contributed by atoms with E-state index >= 15 is 0 Å². The largest absolute Gasteiger partial charge is 0.439 e. The second-order valence-electron chi connectivity index (χ2n) is 4.67. The number of benzene rings is 1. The van der Waals surface area contributed by atoms with Crippen LogP contribution in [-0.4, -0.2) is 15.1 Å². The topological polar surface area (TPSA) is 81.3 Å². The summed E-state index contributed by atoms with van der Waals surface area (Å²) in [5.41, 5.74) is 6.56. The minimum atomic E-state index is -0.0174. The standard InChI is InChI=1S/C14H15N3O2/c15-12-7-13(17-14(16-12)10-4-5-10)19-11-3-1-2-9(6-11)8-18/h1-3,6-7,10,18H,4-5,8H2,(H2,15,16,17). The summed E-state index contributed by atoms with van der Waals surface area (Å²) in [4.78, 5) is 8.59. The third-order valence-electron chi connectivity index (χ3n) is 2.99. The highest BCUT2D eigenvalue weighted by Crippen LogP contribution is 2.39. The molecular weight excluding hydrogens is 242 g/mol. The maximum absolute atomic E-state index is 9.10.